The summed E-state index contributed by atoms with van der Waals surface area (Å²) in [4.78, 5) is 10.2. The highest BCUT2D eigenvalue weighted by Crippen LogP contribution is 2.27. The highest BCUT2D eigenvalue weighted by atomic mass is 16.6. The van der Waals surface area contributed by atoms with Gasteiger partial charge >= 0.3 is 0 Å². The maximum Gasteiger partial charge on any atom is 0.290 e. The van der Waals surface area contributed by atoms with Crippen LogP contribution in [0.1, 0.15) is 17.0 Å². The number of aromatic nitrogens is 1. The van der Waals surface area contributed by atoms with E-state index in [2.05, 4.69) is 5.16 Å². The van der Waals surface area contributed by atoms with Gasteiger partial charge in [-0.05, 0) is 13.0 Å². The van der Waals surface area contributed by atoms with Crippen LogP contribution in [-0.4, -0.2) is 10.1 Å². The Hall–Kier alpha value is -2.88. The summed E-state index contributed by atoms with van der Waals surface area (Å²) in [6, 6.07) is 7.68. The van der Waals surface area contributed by atoms with Crippen LogP contribution in [0.2, 0.25) is 0 Å². The van der Waals surface area contributed by atoms with Gasteiger partial charge in [0.05, 0.1) is 4.92 Å². The molecule has 0 N–H and O–H groups in total. The van der Waals surface area contributed by atoms with Crippen molar-refractivity contribution in [3.05, 3.63) is 51.4 Å². The van der Waals surface area contributed by atoms with Crippen molar-refractivity contribution in [1.82, 2.24) is 5.16 Å². The molecule has 7 nitrogen and oxygen atoms in total. The number of aryl methyl sites for hydroxylation is 1. The molecule has 0 unspecified atom stereocenters. The van der Waals surface area contributed by atoms with Gasteiger partial charge in [0.2, 0.25) is 0 Å². The Morgan fingerprint density at radius 3 is 2.95 bits per heavy atom. The van der Waals surface area contributed by atoms with Gasteiger partial charge < -0.3 is 9.26 Å². The Balaban J connectivity index is 2.23. The fourth-order valence-electron chi connectivity index (χ4n) is 1.54. The number of hydrogen-bond donors (Lipinski definition) is 0. The van der Waals surface area contributed by atoms with Crippen LogP contribution in [-0.2, 0) is 6.61 Å². The van der Waals surface area contributed by atoms with E-state index >= 15 is 0 Å². The number of ether oxygens (including phenoxy) is 1. The van der Waals surface area contributed by atoms with Gasteiger partial charge in [-0.15, -0.1) is 0 Å². The predicted octanol–water partition coefficient (Wildman–Crippen LogP) is 2.34. The summed E-state index contributed by atoms with van der Waals surface area (Å²) < 4.78 is 10.2. The molecule has 0 fully saturated rings. The van der Waals surface area contributed by atoms with Gasteiger partial charge in [-0.2, -0.15) is 5.26 Å². The Morgan fingerprint density at radius 2 is 2.37 bits per heavy atom. The van der Waals surface area contributed by atoms with Crippen molar-refractivity contribution in [1.29, 1.82) is 5.26 Å². The van der Waals surface area contributed by atoms with E-state index in [1.807, 2.05) is 0 Å². The van der Waals surface area contributed by atoms with Crippen molar-refractivity contribution in [2.75, 3.05) is 0 Å². The van der Waals surface area contributed by atoms with Gasteiger partial charge in [0.25, 0.3) is 5.69 Å². The molecular formula is C12H9N3O4. The quantitative estimate of drug-likeness (QED) is 0.616. The van der Waals surface area contributed by atoms with Crippen molar-refractivity contribution in [3.63, 3.8) is 0 Å². The van der Waals surface area contributed by atoms with E-state index in [-0.39, 0.29) is 23.6 Å². The molecule has 0 atom stereocenters. The van der Waals surface area contributed by atoms with Crippen LogP contribution in [0.4, 0.5) is 5.69 Å². The zero-order valence-corrected chi connectivity index (χ0v) is 9.99. The van der Waals surface area contributed by atoms with Crippen LogP contribution >= 0.6 is 0 Å². The lowest BCUT2D eigenvalue weighted by molar-refractivity contribution is -0.385. The number of nitrogens with zero attached hydrogens (tertiary/aromatic N) is 3. The largest absolute Gasteiger partial charge is 0.485 e. The lowest BCUT2D eigenvalue weighted by atomic mass is 10.2. The van der Waals surface area contributed by atoms with Gasteiger partial charge in [-0.3, -0.25) is 10.1 Å². The second kappa shape index (κ2) is 5.18. The molecular weight excluding hydrogens is 250 g/mol. The van der Waals surface area contributed by atoms with Crippen molar-refractivity contribution >= 4 is 5.69 Å². The maximum absolute atomic E-state index is 10.8. The van der Waals surface area contributed by atoms with Gasteiger partial charge in [0.15, 0.2) is 5.56 Å². The molecule has 0 amide bonds. The summed E-state index contributed by atoms with van der Waals surface area (Å²) in [6.45, 7) is 1.82. The molecule has 2 rings (SSSR count). The molecule has 96 valence electrons. The molecule has 0 saturated carbocycles. The van der Waals surface area contributed by atoms with Crippen LogP contribution in [0.25, 0.3) is 0 Å². The fraction of sp³-hybridized carbons (Fsp3) is 0.167. The van der Waals surface area contributed by atoms with Crippen molar-refractivity contribution in [3.8, 4) is 11.8 Å². The predicted molar refractivity (Wildman–Crippen MR) is 63.4 cm³/mol. The Morgan fingerprint density at radius 1 is 1.58 bits per heavy atom. The number of benzene rings is 1. The normalized spacial score (nSPS) is 9.89. The lowest BCUT2D eigenvalue weighted by Crippen LogP contribution is -2.00. The fourth-order valence-corrected chi connectivity index (χ4v) is 1.54. The molecule has 2 aromatic rings. The van der Waals surface area contributed by atoms with E-state index in [0.29, 0.717) is 11.5 Å². The molecule has 0 spiro atoms. The van der Waals surface area contributed by atoms with Crippen LogP contribution in [0, 0.1) is 28.4 Å². The maximum atomic E-state index is 10.8. The molecule has 7 heteroatoms. The van der Waals surface area contributed by atoms with Crippen LogP contribution < -0.4 is 4.74 Å². The molecule has 19 heavy (non-hydrogen) atoms. The zero-order valence-electron chi connectivity index (χ0n) is 9.99. The first-order valence-corrected chi connectivity index (χ1v) is 5.34. The number of hydrogen-bond acceptors (Lipinski definition) is 6. The second-order valence-corrected chi connectivity index (χ2v) is 3.74. The average Bonchev–Trinajstić information content (AvgIpc) is 2.81. The highest BCUT2D eigenvalue weighted by molar-refractivity contribution is 5.56. The van der Waals surface area contributed by atoms with Crippen LogP contribution in [0.15, 0.2) is 28.8 Å². The van der Waals surface area contributed by atoms with E-state index in [1.54, 1.807) is 19.1 Å². The minimum atomic E-state index is -0.619. The molecule has 1 heterocycles. The molecule has 0 aliphatic rings. The highest BCUT2D eigenvalue weighted by Gasteiger charge is 2.18. The Kier molecular flexibility index (Phi) is 3.43. The summed E-state index contributed by atoms with van der Waals surface area (Å²) in [7, 11) is 0. The third-order valence-electron chi connectivity index (χ3n) is 2.37. The topological polar surface area (TPSA) is 102 Å². The van der Waals surface area contributed by atoms with E-state index in [0.717, 1.165) is 0 Å². The van der Waals surface area contributed by atoms with Crippen LogP contribution in [0.3, 0.4) is 0 Å². The van der Waals surface area contributed by atoms with E-state index in [1.165, 1.54) is 18.2 Å². The molecule has 1 aromatic carbocycles. The molecule has 0 aliphatic heterocycles. The third-order valence-corrected chi connectivity index (χ3v) is 2.37. The van der Waals surface area contributed by atoms with E-state index in [9.17, 15) is 10.1 Å². The monoisotopic (exact) mass is 259 g/mol. The molecule has 1 aromatic heterocycles. The summed E-state index contributed by atoms with van der Waals surface area (Å²) in [5.74, 6) is 0.788. The third kappa shape index (κ3) is 2.69. The first-order chi connectivity index (χ1) is 9.11. The van der Waals surface area contributed by atoms with E-state index in [4.69, 9.17) is 14.5 Å². The van der Waals surface area contributed by atoms with Crippen molar-refractivity contribution < 1.29 is 14.2 Å². The van der Waals surface area contributed by atoms with Gasteiger partial charge in [-0.25, -0.2) is 0 Å². The summed E-state index contributed by atoms with van der Waals surface area (Å²) in [5.41, 5.74) is 0.164. The van der Waals surface area contributed by atoms with Crippen molar-refractivity contribution in [2.24, 2.45) is 0 Å². The second-order valence-electron chi connectivity index (χ2n) is 3.74. The molecule has 0 radical (unpaired) electrons. The number of rotatable bonds is 4. The standard InChI is InChI=1S/C12H9N3O4/c1-8-5-9(14-19-8)7-18-12-4-2-3-11(15(16)17)10(12)6-13/h2-5H,7H2,1H3. The van der Waals surface area contributed by atoms with E-state index < -0.39 is 4.92 Å². The summed E-state index contributed by atoms with van der Waals surface area (Å²) >= 11 is 0. The average molecular weight is 259 g/mol. The van der Waals surface area contributed by atoms with Crippen molar-refractivity contribution in [2.45, 2.75) is 13.5 Å². The number of nitro benzene ring substituents is 1. The molecule has 0 aliphatic carbocycles. The first-order valence-electron chi connectivity index (χ1n) is 5.34. The molecule has 0 saturated heterocycles. The number of nitro groups is 1. The summed E-state index contributed by atoms with van der Waals surface area (Å²) in [5, 5.41) is 23.5. The molecule has 0 bridgehead atoms. The Bertz CT molecular complexity index is 657. The van der Waals surface area contributed by atoms with Crippen LogP contribution in [0.5, 0.6) is 5.75 Å². The number of nitriles is 1. The minimum Gasteiger partial charge on any atom is -0.485 e. The SMILES string of the molecule is Cc1cc(COc2cccc([N+](=O)[O-])c2C#N)no1. The summed E-state index contributed by atoms with van der Waals surface area (Å²) in [6.07, 6.45) is 0. The lowest BCUT2D eigenvalue weighted by Gasteiger charge is -2.05. The first kappa shape index (κ1) is 12.6. The zero-order chi connectivity index (χ0) is 13.8. The van der Waals surface area contributed by atoms with Gasteiger partial charge in [0, 0.05) is 12.1 Å². The van der Waals surface area contributed by atoms with Gasteiger partial charge in [-0.1, -0.05) is 11.2 Å². The minimum absolute atomic E-state index is 0.0766. The van der Waals surface area contributed by atoms with Gasteiger partial charge in [0.1, 0.15) is 29.9 Å². The Labute approximate surface area is 108 Å². The smallest absolute Gasteiger partial charge is 0.290 e.